The van der Waals surface area contributed by atoms with Crippen LogP contribution in [-0.4, -0.2) is 56.1 Å². The molecule has 2 aromatic carbocycles. The second-order valence-corrected chi connectivity index (χ2v) is 9.84. The SMILES string of the molecule is COC(=O)Nc1cccc(C(=C2CCN(Cc3cccs3)CC2)c2ccc(C(=O)N(C)C)cc2)c1. The van der Waals surface area contributed by atoms with Crippen molar-refractivity contribution in [2.75, 3.05) is 39.6 Å². The largest absolute Gasteiger partial charge is 0.453 e. The first kappa shape index (κ1) is 24.7. The van der Waals surface area contributed by atoms with Crippen LogP contribution in [0, 0.1) is 0 Å². The molecule has 1 N–H and O–H groups in total. The molecule has 0 bridgehead atoms. The van der Waals surface area contributed by atoms with Crippen LogP contribution in [0.15, 0.2) is 71.6 Å². The van der Waals surface area contributed by atoms with Crippen molar-refractivity contribution in [1.29, 1.82) is 0 Å². The number of piperidine rings is 1. The normalized spacial score (nSPS) is 13.9. The molecule has 0 unspecified atom stereocenters. The Hall–Kier alpha value is -3.42. The molecule has 3 aromatic rings. The quantitative estimate of drug-likeness (QED) is 0.481. The van der Waals surface area contributed by atoms with E-state index in [4.69, 9.17) is 4.74 Å². The van der Waals surface area contributed by atoms with Gasteiger partial charge < -0.3 is 9.64 Å². The lowest BCUT2D eigenvalue weighted by Gasteiger charge is -2.30. The number of nitrogens with zero attached hydrogens (tertiary/aromatic N) is 2. The van der Waals surface area contributed by atoms with Crippen molar-refractivity contribution in [2.45, 2.75) is 19.4 Å². The minimum Gasteiger partial charge on any atom is -0.453 e. The van der Waals surface area contributed by atoms with Crippen LogP contribution in [0.2, 0.25) is 0 Å². The maximum Gasteiger partial charge on any atom is 0.411 e. The lowest BCUT2D eigenvalue weighted by Crippen LogP contribution is -2.30. The summed E-state index contributed by atoms with van der Waals surface area (Å²) in [5.74, 6) is -0.0167. The molecule has 182 valence electrons. The van der Waals surface area contributed by atoms with Gasteiger partial charge in [-0.2, -0.15) is 0 Å². The van der Waals surface area contributed by atoms with Crippen molar-refractivity contribution in [3.8, 4) is 0 Å². The number of ether oxygens (including phenoxy) is 1. The summed E-state index contributed by atoms with van der Waals surface area (Å²) in [6, 6.07) is 20.0. The maximum atomic E-state index is 12.4. The third-order valence-corrected chi connectivity index (χ3v) is 7.04. The summed E-state index contributed by atoms with van der Waals surface area (Å²) in [4.78, 5) is 29.6. The fraction of sp³-hybridized carbons (Fsp3) is 0.286. The van der Waals surface area contributed by atoms with E-state index in [1.807, 2.05) is 42.5 Å². The van der Waals surface area contributed by atoms with Crippen LogP contribution in [-0.2, 0) is 11.3 Å². The van der Waals surface area contributed by atoms with Crippen LogP contribution < -0.4 is 5.32 Å². The molecule has 6 nitrogen and oxygen atoms in total. The summed E-state index contributed by atoms with van der Waals surface area (Å²) in [5.41, 5.74) is 5.99. The van der Waals surface area contributed by atoms with E-state index in [1.165, 1.54) is 17.6 Å². The van der Waals surface area contributed by atoms with E-state index >= 15 is 0 Å². The van der Waals surface area contributed by atoms with Crippen LogP contribution >= 0.6 is 11.3 Å². The highest BCUT2D eigenvalue weighted by atomic mass is 32.1. The summed E-state index contributed by atoms with van der Waals surface area (Å²) in [5, 5.41) is 4.90. The highest BCUT2D eigenvalue weighted by Gasteiger charge is 2.20. The molecular weight excluding hydrogens is 458 g/mol. The molecule has 2 heterocycles. The molecule has 0 saturated carbocycles. The van der Waals surface area contributed by atoms with Crippen LogP contribution in [0.3, 0.4) is 0 Å². The number of anilines is 1. The van der Waals surface area contributed by atoms with Gasteiger partial charge in [-0.15, -0.1) is 11.3 Å². The first-order valence-electron chi connectivity index (χ1n) is 11.7. The van der Waals surface area contributed by atoms with Crippen molar-refractivity contribution in [3.05, 3.63) is 93.2 Å². The Labute approximate surface area is 210 Å². The third-order valence-electron chi connectivity index (χ3n) is 6.18. The molecule has 0 atom stereocenters. The minimum absolute atomic E-state index is 0.0167. The van der Waals surface area contributed by atoms with Gasteiger partial charge in [0.15, 0.2) is 0 Å². The van der Waals surface area contributed by atoms with E-state index in [-0.39, 0.29) is 5.91 Å². The molecule has 4 rings (SSSR count). The fourth-order valence-corrected chi connectivity index (χ4v) is 5.13. The number of carbonyl (C=O) groups excluding carboxylic acids is 2. The zero-order valence-corrected chi connectivity index (χ0v) is 21.2. The lowest BCUT2D eigenvalue weighted by molar-refractivity contribution is 0.0827. The number of rotatable bonds is 6. The first-order valence-corrected chi connectivity index (χ1v) is 12.6. The summed E-state index contributed by atoms with van der Waals surface area (Å²) in [6.07, 6.45) is 1.44. The molecule has 0 spiro atoms. The minimum atomic E-state index is -0.496. The van der Waals surface area contributed by atoms with Crippen LogP contribution in [0.4, 0.5) is 10.5 Å². The van der Waals surface area contributed by atoms with Gasteiger partial charge in [-0.05, 0) is 65.3 Å². The summed E-state index contributed by atoms with van der Waals surface area (Å²) in [6.45, 7) is 2.97. The molecule has 2 amide bonds. The lowest BCUT2D eigenvalue weighted by atomic mass is 9.88. The maximum absolute atomic E-state index is 12.4. The van der Waals surface area contributed by atoms with E-state index in [9.17, 15) is 9.59 Å². The van der Waals surface area contributed by atoms with Gasteiger partial charge in [-0.1, -0.05) is 35.9 Å². The zero-order chi connectivity index (χ0) is 24.8. The predicted octanol–water partition coefficient (Wildman–Crippen LogP) is 5.73. The predicted molar refractivity (Wildman–Crippen MR) is 142 cm³/mol. The van der Waals surface area contributed by atoms with Gasteiger partial charge >= 0.3 is 6.09 Å². The summed E-state index contributed by atoms with van der Waals surface area (Å²) >= 11 is 1.80. The van der Waals surface area contributed by atoms with Gasteiger partial charge in [0.2, 0.25) is 0 Å². The Bertz CT molecular complexity index is 1190. The van der Waals surface area contributed by atoms with Gasteiger partial charge in [0.25, 0.3) is 5.91 Å². The van der Waals surface area contributed by atoms with Gasteiger partial charge in [0, 0.05) is 49.9 Å². The number of hydrogen-bond acceptors (Lipinski definition) is 5. The molecule has 1 saturated heterocycles. The van der Waals surface area contributed by atoms with Crippen molar-refractivity contribution >= 4 is 34.6 Å². The molecule has 35 heavy (non-hydrogen) atoms. The number of thiophene rings is 1. The van der Waals surface area contributed by atoms with E-state index < -0.39 is 6.09 Å². The van der Waals surface area contributed by atoms with Crippen LogP contribution in [0.5, 0.6) is 0 Å². The van der Waals surface area contributed by atoms with Gasteiger partial charge in [-0.25, -0.2) is 4.79 Å². The summed E-state index contributed by atoms with van der Waals surface area (Å²) in [7, 11) is 4.87. The average molecular weight is 490 g/mol. The van der Waals surface area contributed by atoms with Crippen molar-refractivity contribution in [1.82, 2.24) is 9.80 Å². The topological polar surface area (TPSA) is 61.9 Å². The van der Waals surface area contributed by atoms with Crippen molar-refractivity contribution in [2.24, 2.45) is 0 Å². The third kappa shape index (κ3) is 6.18. The summed E-state index contributed by atoms with van der Waals surface area (Å²) < 4.78 is 4.76. The number of hydrogen-bond donors (Lipinski definition) is 1. The Kier molecular flexibility index (Phi) is 8.00. The number of carbonyl (C=O) groups is 2. The molecule has 1 fully saturated rings. The Morgan fingerprint density at radius 2 is 1.69 bits per heavy atom. The van der Waals surface area contributed by atoms with E-state index in [1.54, 1.807) is 30.3 Å². The molecule has 1 aliphatic heterocycles. The van der Waals surface area contributed by atoms with Gasteiger partial charge in [0.05, 0.1) is 7.11 Å². The number of benzene rings is 2. The highest BCUT2D eigenvalue weighted by molar-refractivity contribution is 7.09. The molecule has 7 heteroatoms. The van der Waals surface area contributed by atoms with Crippen LogP contribution in [0.25, 0.3) is 5.57 Å². The van der Waals surface area contributed by atoms with Crippen molar-refractivity contribution in [3.63, 3.8) is 0 Å². The Morgan fingerprint density at radius 3 is 2.31 bits per heavy atom. The van der Waals surface area contributed by atoms with E-state index in [0.29, 0.717) is 11.3 Å². The van der Waals surface area contributed by atoms with Gasteiger partial charge in [0.1, 0.15) is 0 Å². The molecule has 0 aliphatic carbocycles. The molecule has 0 radical (unpaired) electrons. The van der Waals surface area contributed by atoms with Gasteiger partial charge in [-0.3, -0.25) is 15.0 Å². The molecule has 1 aromatic heterocycles. The Balaban J connectivity index is 1.66. The number of likely N-dealkylation sites (tertiary alicyclic amines) is 1. The van der Waals surface area contributed by atoms with Crippen LogP contribution in [0.1, 0.15) is 39.2 Å². The second kappa shape index (κ2) is 11.3. The standard InChI is InChI=1S/C28H31N3O3S/c1-30(2)27(32)22-11-9-20(10-12-22)26(23-6-4-7-24(18-23)29-28(33)34-3)21-13-15-31(16-14-21)19-25-8-5-17-35-25/h4-12,17-18H,13-16,19H2,1-3H3,(H,29,33). The first-order chi connectivity index (χ1) is 16.9. The highest BCUT2D eigenvalue weighted by Crippen LogP contribution is 2.34. The zero-order valence-electron chi connectivity index (χ0n) is 20.4. The number of amides is 2. The number of nitrogens with one attached hydrogen (secondary N) is 1. The Morgan fingerprint density at radius 1 is 0.971 bits per heavy atom. The molecular formula is C28H31N3O3S. The van der Waals surface area contributed by atoms with E-state index in [2.05, 4.69) is 33.8 Å². The monoisotopic (exact) mass is 489 g/mol. The van der Waals surface area contributed by atoms with Crippen molar-refractivity contribution < 1.29 is 14.3 Å². The smallest absolute Gasteiger partial charge is 0.411 e. The molecule has 1 aliphatic rings. The average Bonchev–Trinajstić information content (AvgIpc) is 3.38. The second-order valence-electron chi connectivity index (χ2n) is 8.81. The van der Waals surface area contributed by atoms with E-state index in [0.717, 1.165) is 49.2 Å². The fourth-order valence-electron chi connectivity index (χ4n) is 4.39. The number of methoxy groups -OCH3 is 1.